The van der Waals surface area contributed by atoms with E-state index in [1.54, 1.807) is 12.1 Å². The highest BCUT2D eigenvalue weighted by Gasteiger charge is 2.10. The first-order valence-electron chi connectivity index (χ1n) is 8.23. The van der Waals surface area contributed by atoms with Crippen LogP contribution in [0.15, 0.2) is 71.5 Å². The lowest BCUT2D eigenvalue weighted by Crippen LogP contribution is -2.29. The zero-order valence-corrected chi connectivity index (χ0v) is 14.3. The van der Waals surface area contributed by atoms with Crippen molar-refractivity contribution < 1.29 is 14.7 Å². The summed E-state index contributed by atoms with van der Waals surface area (Å²) in [5.41, 5.74) is 1.52. The summed E-state index contributed by atoms with van der Waals surface area (Å²) >= 11 is 0. The minimum atomic E-state index is -1.25. The van der Waals surface area contributed by atoms with Gasteiger partial charge >= 0.3 is 0 Å². The number of rotatable bonds is 6. The highest BCUT2D eigenvalue weighted by molar-refractivity contribution is 5.92. The lowest BCUT2D eigenvalue weighted by Gasteiger charge is -2.09. The number of carbonyl (C=O) groups excluding carboxylic acids is 2. The van der Waals surface area contributed by atoms with Crippen molar-refractivity contribution in [2.75, 3.05) is 0 Å². The van der Waals surface area contributed by atoms with Gasteiger partial charge in [0.25, 0.3) is 11.5 Å². The fourth-order valence-electron chi connectivity index (χ4n) is 2.47. The quantitative estimate of drug-likeness (QED) is 0.691. The van der Waals surface area contributed by atoms with Crippen molar-refractivity contribution in [3.63, 3.8) is 0 Å². The predicted molar refractivity (Wildman–Crippen MR) is 96.0 cm³/mol. The second-order valence-corrected chi connectivity index (χ2v) is 5.87. The van der Waals surface area contributed by atoms with Crippen molar-refractivity contribution in [2.24, 2.45) is 0 Å². The van der Waals surface area contributed by atoms with Crippen molar-refractivity contribution in [1.82, 2.24) is 15.1 Å². The number of amides is 1. The average molecular weight is 362 g/mol. The van der Waals surface area contributed by atoms with E-state index in [-0.39, 0.29) is 29.9 Å². The highest BCUT2D eigenvalue weighted by Crippen LogP contribution is 2.04. The Hall–Kier alpha value is -3.74. The second-order valence-electron chi connectivity index (χ2n) is 5.87. The Balaban J connectivity index is 1.68. The number of hydrogen-bond acceptors (Lipinski definition) is 5. The van der Waals surface area contributed by atoms with Crippen LogP contribution >= 0.6 is 0 Å². The monoisotopic (exact) mass is 362 g/mol. The molecule has 1 amide bonds. The van der Waals surface area contributed by atoms with Gasteiger partial charge in [-0.1, -0.05) is 54.6 Å². The smallest absolute Gasteiger partial charge is 0.271 e. The zero-order valence-electron chi connectivity index (χ0n) is 14.3. The van der Waals surface area contributed by atoms with E-state index in [2.05, 4.69) is 10.4 Å². The third-order valence-electron chi connectivity index (χ3n) is 3.92. The molecule has 3 rings (SSSR count). The third kappa shape index (κ3) is 4.66. The molecule has 0 aliphatic rings. The molecule has 1 N–H and O–H groups in total. The molecule has 0 spiro atoms. The predicted octanol–water partition coefficient (Wildman–Crippen LogP) is 0.585. The van der Waals surface area contributed by atoms with Crippen molar-refractivity contribution in [3.8, 4) is 0 Å². The summed E-state index contributed by atoms with van der Waals surface area (Å²) in [6, 6.07) is 18.0. The molecule has 0 radical (unpaired) electrons. The molecule has 0 aliphatic heterocycles. The van der Waals surface area contributed by atoms with Crippen molar-refractivity contribution >= 4 is 11.9 Å². The number of hydrogen-bond donors (Lipinski definition) is 1. The number of carbonyl (C=O) groups is 2. The Kier molecular flexibility index (Phi) is 5.41. The molecule has 0 bridgehead atoms. The van der Waals surface area contributed by atoms with Crippen molar-refractivity contribution in [2.45, 2.75) is 13.1 Å². The lowest BCUT2D eigenvalue weighted by molar-refractivity contribution is -0.255. The molecule has 0 saturated carbocycles. The first kappa shape index (κ1) is 18.1. The number of aromatic nitrogens is 2. The lowest BCUT2D eigenvalue weighted by atomic mass is 10.1. The van der Waals surface area contributed by atoms with Gasteiger partial charge in [-0.2, -0.15) is 5.10 Å². The number of carboxylic acids is 1. The second kappa shape index (κ2) is 8.09. The molecule has 1 aromatic heterocycles. The third-order valence-corrected chi connectivity index (χ3v) is 3.92. The number of benzene rings is 2. The number of carboxylic acid groups (broad SMARTS) is 1. The van der Waals surface area contributed by atoms with Gasteiger partial charge in [0.1, 0.15) is 5.69 Å². The summed E-state index contributed by atoms with van der Waals surface area (Å²) in [6.07, 6.45) is 0. The Bertz CT molecular complexity index is 1010. The van der Waals surface area contributed by atoms with Gasteiger partial charge in [-0.15, -0.1) is 0 Å². The summed E-state index contributed by atoms with van der Waals surface area (Å²) in [5, 5.41) is 17.6. The van der Waals surface area contributed by atoms with Crippen LogP contribution in [0.4, 0.5) is 0 Å². The fraction of sp³-hybridized carbons (Fsp3) is 0.100. The van der Waals surface area contributed by atoms with Crippen LogP contribution in [-0.2, 0) is 13.1 Å². The molecule has 1 heterocycles. The van der Waals surface area contributed by atoms with Gasteiger partial charge in [-0.3, -0.25) is 9.59 Å². The highest BCUT2D eigenvalue weighted by atomic mass is 16.4. The van der Waals surface area contributed by atoms with Gasteiger partial charge in [-0.05, 0) is 22.8 Å². The Morgan fingerprint density at radius 3 is 2.30 bits per heavy atom. The Morgan fingerprint density at radius 1 is 0.926 bits per heavy atom. The van der Waals surface area contributed by atoms with Crippen LogP contribution < -0.4 is 16.0 Å². The molecule has 0 unspecified atom stereocenters. The van der Waals surface area contributed by atoms with Crippen molar-refractivity contribution in [1.29, 1.82) is 0 Å². The zero-order chi connectivity index (χ0) is 19.2. The number of nitrogens with zero attached hydrogens (tertiary/aromatic N) is 2. The van der Waals surface area contributed by atoms with Crippen LogP contribution in [-0.4, -0.2) is 21.7 Å². The first-order chi connectivity index (χ1) is 13.0. The standard InChI is InChI=1S/C20H17N3O4/c24-18-11-10-17(22-23(18)13-15-4-2-1-3-5-15)19(25)21-12-14-6-8-16(9-7-14)20(26)27/h1-11H,12-13H2,(H,21,25)(H,26,27)/p-1. The largest absolute Gasteiger partial charge is 0.545 e. The van der Waals surface area contributed by atoms with E-state index >= 15 is 0 Å². The summed E-state index contributed by atoms with van der Waals surface area (Å²) in [6.45, 7) is 0.469. The topological polar surface area (TPSA) is 104 Å². The Labute approximate surface area is 154 Å². The van der Waals surface area contributed by atoms with E-state index in [0.29, 0.717) is 0 Å². The maximum atomic E-state index is 12.3. The van der Waals surface area contributed by atoms with Crippen LogP contribution in [0.2, 0.25) is 0 Å². The summed E-state index contributed by atoms with van der Waals surface area (Å²) in [7, 11) is 0. The molecule has 7 heteroatoms. The van der Waals surface area contributed by atoms with E-state index in [1.165, 1.54) is 28.9 Å². The van der Waals surface area contributed by atoms with E-state index < -0.39 is 11.9 Å². The molecule has 0 atom stereocenters. The Morgan fingerprint density at radius 2 is 1.63 bits per heavy atom. The first-order valence-corrected chi connectivity index (χ1v) is 8.23. The van der Waals surface area contributed by atoms with Crippen LogP contribution in [0.3, 0.4) is 0 Å². The van der Waals surface area contributed by atoms with Gasteiger partial charge in [0, 0.05) is 12.6 Å². The van der Waals surface area contributed by atoms with Gasteiger partial charge in [0.05, 0.1) is 12.5 Å². The van der Waals surface area contributed by atoms with Gasteiger partial charge < -0.3 is 15.2 Å². The molecule has 0 aliphatic carbocycles. The van der Waals surface area contributed by atoms with Crippen LogP contribution in [0.1, 0.15) is 32.0 Å². The van der Waals surface area contributed by atoms with Crippen LogP contribution in [0.25, 0.3) is 0 Å². The molecule has 27 heavy (non-hydrogen) atoms. The normalized spacial score (nSPS) is 10.4. The van der Waals surface area contributed by atoms with Gasteiger partial charge in [0.2, 0.25) is 0 Å². The van der Waals surface area contributed by atoms with E-state index in [1.807, 2.05) is 30.3 Å². The van der Waals surface area contributed by atoms with E-state index in [0.717, 1.165) is 11.1 Å². The maximum absolute atomic E-state index is 12.3. The summed E-state index contributed by atoms with van der Waals surface area (Å²) in [4.78, 5) is 35.0. The summed E-state index contributed by atoms with van der Waals surface area (Å²) < 4.78 is 1.24. The van der Waals surface area contributed by atoms with Gasteiger partial charge in [-0.25, -0.2) is 4.68 Å². The fourth-order valence-corrected chi connectivity index (χ4v) is 2.47. The van der Waals surface area contributed by atoms with Crippen LogP contribution in [0.5, 0.6) is 0 Å². The minimum Gasteiger partial charge on any atom is -0.545 e. The number of aromatic carboxylic acids is 1. The van der Waals surface area contributed by atoms with Crippen LogP contribution in [0, 0.1) is 0 Å². The SMILES string of the molecule is O=C([O-])c1ccc(CNC(=O)c2ccc(=O)n(Cc3ccccc3)n2)cc1. The van der Waals surface area contributed by atoms with Gasteiger partial charge in [0.15, 0.2) is 0 Å². The molecular formula is C20H16N3O4-. The molecule has 0 saturated heterocycles. The number of nitrogens with one attached hydrogen (secondary N) is 1. The molecule has 0 fully saturated rings. The minimum absolute atomic E-state index is 0.0692. The maximum Gasteiger partial charge on any atom is 0.271 e. The van der Waals surface area contributed by atoms with Crippen molar-refractivity contribution in [3.05, 3.63) is 99.5 Å². The van der Waals surface area contributed by atoms with E-state index in [9.17, 15) is 19.5 Å². The van der Waals surface area contributed by atoms with E-state index in [4.69, 9.17) is 0 Å². The molecule has 7 nitrogen and oxygen atoms in total. The summed E-state index contributed by atoms with van der Waals surface area (Å²) in [5.74, 6) is -1.68. The molecular weight excluding hydrogens is 346 g/mol. The molecule has 3 aromatic rings. The molecule has 136 valence electrons. The molecule has 2 aromatic carbocycles. The average Bonchev–Trinajstić information content (AvgIpc) is 2.69.